The van der Waals surface area contributed by atoms with E-state index in [-0.39, 0.29) is 11.9 Å². The van der Waals surface area contributed by atoms with Crippen LogP contribution in [0.1, 0.15) is 53.3 Å². The van der Waals surface area contributed by atoms with Crippen LogP contribution in [0.2, 0.25) is 5.02 Å². The van der Waals surface area contributed by atoms with Gasteiger partial charge >= 0.3 is 0 Å². The predicted molar refractivity (Wildman–Crippen MR) is 108 cm³/mol. The molecule has 0 aliphatic heterocycles. The van der Waals surface area contributed by atoms with Crippen molar-refractivity contribution in [3.8, 4) is 5.75 Å². The second kappa shape index (κ2) is 8.13. The minimum absolute atomic E-state index is 0.0819. The number of amides is 1. The van der Waals surface area contributed by atoms with Crippen molar-refractivity contribution in [3.05, 3.63) is 62.7 Å². The Morgan fingerprint density at radius 1 is 0.885 bits per heavy atom. The van der Waals surface area contributed by atoms with Gasteiger partial charge < -0.3 is 10.1 Å². The van der Waals surface area contributed by atoms with Crippen molar-refractivity contribution in [2.24, 2.45) is 0 Å². The molecule has 0 unspecified atom stereocenters. The lowest BCUT2D eigenvalue weighted by atomic mass is 9.96. The van der Waals surface area contributed by atoms with Gasteiger partial charge in [0, 0.05) is 5.02 Å². The molecule has 0 bridgehead atoms. The van der Waals surface area contributed by atoms with Gasteiger partial charge in [-0.2, -0.15) is 0 Å². The molecular weight excluding hydrogens is 346 g/mol. The Labute approximate surface area is 161 Å². The molecule has 2 atom stereocenters. The lowest BCUT2D eigenvalue weighted by Crippen LogP contribution is -2.38. The molecule has 0 saturated carbocycles. The van der Waals surface area contributed by atoms with Crippen LogP contribution in [0.5, 0.6) is 5.75 Å². The van der Waals surface area contributed by atoms with Crippen molar-refractivity contribution in [1.82, 2.24) is 5.32 Å². The van der Waals surface area contributed by atoms with Gasteiger partial charge in [-0.05, 0) is 94.0 Å². The maximum atomic E-state index is 12.6. The first kappa shape index (κ1) is 20.3. The first-order valence-corrected chi connectivity index (χ1v) is 9.29. The number of benzene rings is 2. The molecule has 26 heavy (non-hydrogen) atoms. The standard InChI is InChI=1S/C22H28ClNO2/c1-12-8-14(3)20(11-13(12)2)17(6)24-22(25)18(7)26-19-9-15(4)21(23)16(5)10-19/h8-11,17-18H,1-7H3,(H,24,25)/t17-,18+/m1/s1. The van der Waals surface area contributed by atoms with Crippen molar-refractivity contribution in [3.63, 3.8) is 0 Å². The number of carbonyl (C=O) groups excluding carboxylic acids is 1. The zero-order valence-corrected chi connectivity index (χ0v) is 17.4. The van der Waals surface area contributed by atoms with E-state index in [4.69, 9.17) is 16.3 Å². The summed E-state index contributed by atoms with van der Waals surface area (Å²) in [4.78, 5) is 12.6. The monoisotopic (exact) mass is 373 g/mol. The van der Waals surface area contributed by atoms with Gasteiger partial charge in [0.2, 0.25) is 0 Å². The smallest absolute Gasteiger partial charge is 0.261 e. The van der Waals surface area contributed by atoms with E-state index in [0.717, 1.165) is 21.7 Å². The number of hydrogen-bond acceptors (Lipinski definition) is 2. The molecule has 4 heteroatoms. The van der Waals surface area contributed by atoms with Crippen molar-refractivity contribution in [2.45, 2.75) is 60.6 Å². The molecule has 1 N–H and O–H groups in total. The highest BCUT2D eigenvalue weighted by atomic mass is 35.5. The second-order valence-electron chi connectivity index (χ2n) is 7.15. The number of ether oxygens (including phenoxy) is 1. The molecule has 2 aromatic rings. The summed E-state index contributed by atoms with van der Waals surface area (Å²) in [5.41, 5.74) is 6.67. The molecule has 2 aromatic carbocycles. The molecule has 0 radical (unpaired) electrons. The van der Waals surface area contributed by atoms with E-state index in [1.54, 1.807) is 6.92 Å². The van der Waals surface area contributed by atoms with Gasteiger partial charge in [0.05, 0.1) is 6.04 Å². The fourth-order valence-electron chi connectivity index (χ4n) is 3.09. The van der Waals surface area contributed by atoms with Gasteiger partial charge in [-0.1, -0.05) is 23.7 Å². The van der Waals surface area contributed by atoms with Crippen LogP contribution < -0.4 is 10.1 Å². The zero-order valence-electron chi connectivity index (χ0n) is 16.7. The first-order valence-electron chi connectivity index (χ1n) is 8.91. The number of rotatable bonds is 5. The van der Waals surface area contributed by atoms with E-state index in [0.29, 0.717) is 5.75 Å². The Balaban J connectivity index is 2.08. The van der Waals surface area contributed by atoms with Crippen molar-refractivity contribution in [1.29, 1.82) is 0 Å². The van der Waals surface area contributed by atoms with Crippen LogP contribution in [0.15, 0.2) is 24.3 Å². The van der Waals surface area contributed by atoms with Gasteiger partial charge in [-0.3, -0.25) is 4.79 Å². The first-order chi connectivity index (χ1) is 12.1. The second-order valence-corrected chi connectivity index (χ2v) is 7.53. The fraction of sp³-hybridized carbons (Fsp3) is 0.409. The number of halogens is 1. The molecule has 0 aromatic heterocycles. The van der Waals surface area contributed by atoms with Crippen LogP contribution >= 0.6 is 11.6 Å². The molecule has 3 nitrogen and oxygen atoms in total. The molecule has 2 rings (SSSR count). The average Bonchev–Trinajstić information content (AvgIpc) is 2.55. The number of aryl methyl sites for hydroxylation is 5. The summed E-state index contributed by atoms with van der Waals surface area (Å²) in [6.07, 6.45) is -0.593. The lowest BCUT2D eigenvalue weighted by molar-refractivity contribution is -0.127. The Kier molecular flexibility index (Phi) is 6.35. The van der Waals surface area contributed by atoms with Gasteiger partial charge in [0.1, 0.15) is 5.75 Å². The normalized spacial score (nSPS) is 13.2. The summed E-state index contributed by atoms with van der Waals surface area (Å²) in [5, 5.41) is 3.78. The SMILES string of the molecule is Cc1cc(C)c([C@@H](C)NC(=O)[C@H](C)Oc2cc(C)c(Cl)c(C)c2)cc1C. The van der Waals surface area contributed by atoms with E-state index in [2.05, 4.69) is 38.2 Å². The fourth-order valence-corrected chi connectivity index (χ4v) is 3.20. The Hall–Kier alpha value is -2.00. The zero-order chi connectivity index (χ0) is 19.6. The van der Waals surface area contributed by atoms with Crippen LogP contribution in [-0.2, 0) is 4.79 Å². The molecule has 0 spiro atoms. The summed E-state index contributed by atoms with van der Waals surface area (Å²) < 4.78 is 5.83. The topological polar surface area (TPSA) is 38.3 Å². The maximum Gasteiger partial charge on any atom is 0.261 e. The molecule has 0 fully saturated rings. The van der Waals surface area contributed by atoms with E-state index in [1.165, 1.54) is 16.7 Å². The Morgan fingerprint density at radius 2 is 1.42 bits per heavy atom. The van der Waals surface area contributed by atoms with E-state index < -0.39 is 6.10 Å². The molecule has 140 valence electrons. The van der Waals surface area contributed by atoms with Gasteiger partial charge in [0.15, 0.2) is 6.10 Å². The Morgan fingerprint density at radius 3 is 2.00 bits per heavy atom. The van der Waals surface area contributed by atoms with Crippen molar-refractivity contribution < 1.29 is 9.53 Å². The summed E-state index contributed by atoms with van der Waals surface area (Å²) in [7, 11) is 0. The van der Waals surface area contributed by atoms with Crippen LogP contribution in [0.4, 0.5) is 0 Å². The van der Waals surface area contributed by atoms with Gasteiger partial charge in [-0.15, -0.1) is 0 Å². The third-order valence-electron chi connectivity index (χ3n) is 4.80. The molecule has 0 aliphatic rings. The highest BCUT2D eigenvalue weighted by Gasteiger charge is 2.19. The molecule has 0 saturated heterocycles. The average molecular weight is 374 g/mol. The minimum atomic E-state index is -0.593. The van der Waals surface area contributed by atoms with Crippen molar-refractivity contribution in [2.75, 3.05) is 0 Å². The molecule has 0 aliphatic carbocycles. The highest BCUT2D eigenvalue weighted by molar-refractivity contribution is 6.32. The summed E-state index contributed by atoms with van der Waals surface area (Å²) in [6, 6.07) is 7.94. The molecule has 1 amide bonds. The van der Waals surface area contributed by atoms with Crippen molar-refractivity contribution >= 4 is 17.5 Å². The largest absolute Gasteiger partial charge is 0.481 e. The van der Waals surface area contributed by atoms with Crippen LogP contribution in [0, 0.1) is 34.6 Å². The van der Waals surface area contributed by atoms with E-state index in [9.17, 15) is 4.79 Å². The third-order valence-corrected chi connectivity index (χ3v) is 5.40. The van der Waals surface area contributed by atoms with Crippen LogP contribution in [0.25, 0.3) is 0 Å². The highest BCUT2D eigenvalue weighted by Crippen LogP contribution is 2.27. The minimum Gasteiger partial charge on any atom is -0.481 e. The maximum absolute atomic E-state index is 12.6. The van der Waals surface area contributed by atoms with Crippen LogP contribution in [0.3, 0.4) is 0 Å². The predicted octanol–water partition coefficient (Wildman–Crippen LogP) is 5.53. The quantitative estimate of drug-likeness (QED) is 0.748. The van der Waals surface area contributed by atoms with E-state index in [1.807, 2.05) is 32.9 Å². The molecule has 0 heterocycles. The number of nitrogens with one attached hydrogen (secondary N) is 1. The van der Waals surface area contributed by atoms with Gasteiger partial charge in [0.25, 0.3) is 5.91 Å². The number of hydrogen-bond donors (Lipinski definition) is 1. The van der Waals surface area contributed by atoms with Gasteiger partial charge in [-0.25, -0.2) is 0 Å². The lowest BCUT2D eigenvalue weighted by Gasteiger charge is -2.21. The summed E-state index contributed by atoms with van der Waals surface area (Å²) >= 11 is 6.19. The van der Waals surface area contributed by atoms with Crippen LogP contribution in [-0.4, -0.2) is 12.0 Å². The Bertz CT molecular complexity index is 806. The summed E-state index contributed by atoms with van der Waals surface area (Å²) in [6.45, 7) is 13.9. The van der Waals surface area contributed by atoms with E-state index >= 15 is 0 Å². The molecular formula is C22H28ClNO2. The number of carbonyl (C=O) groups is 1. The summed E-state index contributed by atoms with van der Waals surface area (Å²) in [5.74, 6) is 0.516. The third kappa shape index (κ3) is 4.59.